The number of ketones is 1. The number of rotatable bonds is 10. The maximum Gasteiger partial charge on any atom is 0.246 e. The van der Waals surface area contributed by atoms with Crippen LogP contribution in [0.25, 0.3) is 22.0 Å². The van der Waals surface area contributed by atoms with Gasteiger partial charge in [-0.25, -0.2) is 8.78 Å². The van der Waals surface area contributed by atoms with Crippen molar-refractivity contribution in [2.45, 2.75) is 105 Å². The zero-order chi connectivity index (χ0) is 31.9. The van der Waals surface area contributed by atoms with Crippen LogP contribution in [0.15, 0.2) is 54.4 Å². The standard InChI is InChI=1S/C22H22N.C14H24F2O2.Ir/c1-15-11-16(2)13-20(12-15)22-21-8-7-18(17-5-3-4-6-17)14-19(21)9-10-23-22;1-5-10(6-2)12(17)8-13(18)11(7-3)9-14(4,15)16;/h7-12,14,17H,3-6H2,1-2H3;8,10-11,17H,5-7,9H2,1-4H3;/q-1;;/b;12-8-;/i9D,10D;;. The summed E-state index contributed by atoms with van der Waals surface area (Å²) in [6, 6.07) is 14.1. The first-order chi connectivity index (χ1) is 20.3. The van der Waals surface area contributed by atoms with Gasteiger partial charge in [-0.05, 0) is 73.0 Å². The van der Waals surface area contributed by atoms with Crippen molar-refractivity contribution in [2.24, 2.45) is 11.8 Å². The molecule has 0 aliphatic heterocycles. The van der Waals surface area contributed by atoms with Crippen molar-refractivity contribution >= 4 is 16.6 Å². The Morgan fingerprint density at radius 1 is 1.12 bits per heavy atom. The van der Waals surface area contributed by atoms with E-state index in [9.17, 15) is 18.7 Å². The first kappa shape index (κ1) is 32.5. The van der Waals surface area contributed by atoms with Gasteiger partial charge in [-0.1, -0.05) is 65.7 Å². The summed E-state index contributed by atoms with van der Waals surface area (Å²) in [5.74, 6) is -3.42. The van der Waals surface area contributed by atoms with Crippen molar-refractivity contribution in [1.29, 1.82) is 0 Å². The predicted octanol–water partition coefficient (Wildman–Crippen LogP) is 10.5. The molecule has 1 heterocycles. The largest absolute Gasteiger partial charge is 0.512 e. The van der Waals surface area contributed by atoms with E-state index in [1.165, 1.54) is 31.2 Å². The molecular formula is C36H46F2IrNO2-. The smallest absolute Gasteiger partial charge is 0.246 e. The Labute approximate surface area is 267 Å². The van der Waals surface area contributed by atoms with Gasteiger partial charge in [0, 0.05) is 50.6 Å². The summed E-state index contributed by atoms with van der Waals surface area (Å²) in [5, 5.41) is 11.6. The Morgan fingerprint density at radius 3 is 2.33 bits per heavy atom. The second kappa shape index (κ2) is 16.4. The van der Waals surface area contributed by atoms with Crippen LogP contribution in [0.2, 0.25) is 0 Å². The van der Waals surface area contributed by atoms with Crippen LogP contribution in [0.3, 0.4) is 0 Å². The van der Waals surface area contributed by atoms with Crippen LogP contribution in [0.5, 0.6) is 0 Å². The van der Waals surface area contributed by atoms with Gasteiger partial charge < -0.3 is 10.1 Å². The van der Waals surface area contributed by atoms with Crippen molar-refractivity contribution in [2.75, 3.05) is 0 Å². The molecule has 1 N–H and O–H groups in total. The fraction of sp³-hybridized carbons (Fsp3) is 0.500. The number of nitrogens with zero attached hydrogens (tertiary/aromatic N) is 1. The van der Waals surface area contributed by atoms with E-state index in [1.807, 2.05) is 20.8 Å². The molecule has 3 aromatic rings. The Bertz CT molecular complexity index is 1420. The van der Waals surface area contributed by atoms with E-state index in [0.29, 0.717) is 12.3 Å². The second-order valence-electron chi connectivity index (χ2n) is 11.6. The summed E-state index contributed by atoms with van der Waals surface area (Å²) >= 11 is 0. The molecule has 6 heteroatoms. The third-order valence-electron chi connectivity index (χ3n) is 8.08. The number of aromatic nitrogens is 1. The number of pyridine rings is 1. The summed E-state index contributed by atoms with van der Waals surface area (Å²) < 4.78 is 42.3. The van der Waals surface area contributed by atoms with E-state index in [4.69, 9.17) is 2.74 Å². The number of halogens is 2. The molecule has 0 bridgehead atoms. The molecule has 0 saturated heterocycles. The van der Waals surface area contributed by atoms with Gasteiger partial charge in [0.05, 0.1) is 8.50 Å². The molecule has 1 saturated carbocycles. The fourth-order valence-electron chi connectivity index (χ4n) is 5.78. The van der Waals surface area contributed by atoms with Crippen LogP contribution >= 0.6 is 0 Å². The third kappa shape index (κ3) is 10.1. The Kier molecular flexibility index (Phi) is 12.7. The molecule has 231 valence electrons. The van der Waals surface area contributed by atoms with Crippen molar-refractivity contribution in [1.82, 2.24) is 4.98 Å². The molecule has 1 radical (unpaired) electrons. The van der Waals surface area contributed by atoms with Crippen LogP contribution in [0, 0.1) is 31.7 Å². The van der Waals surface area contributed by atoms with E-state index >= 15 is 0 Å². The number of aliphatic hydroxyl groups excluding tert-OH is 1. The van der Waals surface area contributed by atoms with Crippen molar-refractivity contribution in [3.8, 4) is 11.3 Å². The maximum atomic E-state index is 12.9. The summed E-state index contributed by atoms with van der Waals surface area (Å²) in [5.41, 5.74) is 5.20. The van der Waals surface area contributed by atoms with Crippen LogP contribution in [0.4, 0.5) is 8.78 Å². The molecule has 1 aliphatic rings. The normalized spacial score (nSPS) is 15.5. The number of hydrogen-bond acceptors (Lipinski definition) is 3. The van der Waals surface area contributed by atoms with Gasteiger partial charge in [-0.3, -0.25) is 4.79 Å². The van der Waals surface area contributed by atoms with Crippen LogP contribution < -0.4 is 0 Å². The van der Waals surface area contributed by atoms with Gasteiger partial charge in [-0.15, -0.1) is 34.9 Å². The average molecular weight is 757 g/mol. The Hall–Kier alpha value is -2.43. The number of aliphatic hydroxyl groups is 1. The number of carbonyl (C=O) groups is 1. The minimum Gasteiger partial charge on any atom is -0.512 e. The van der Waals surface area contributed by atoms with E-state index in [2.05, 4.69) is 48.3 Å². The predicted molar refractivity (Wildman–Crippen MR) is 166 cm³/mol. The molecule has 42 heavy (non-hydrogen) atoms. The molecule has 0 amide bonds. The van der Waals surface area contributed by atoms with Crippen LogP contribution in [-0.2, 0) is 24.9 Å². The number of alkyl halides is 2. The number of allylic oxidation sites excluding steroid dienone is 2. The number of fused-ring (bicyclic) bond motifs is 1. The molecule has 2 aromatic carbocycles. The van der Waals surface area contributed by atoms with E-state index in [1.54, 1.807) is 6.92 Å². The van der Waals surface area contributed by atoms with Gasteiger partial charge in [-0.2, -0.15) is 0 Å². The molecule has 1 unspecified atom stereocenters. The number of aryl methyl sites for hydroxylation is 2. The second-order valence-corrected chi connectivity index (χ2v) is 11.6. The van der Waals surface area contributed by atoms with Crippen LogP contribution in [0.1, 0.15) is 104 Å². The number of benzene rings is 2. The molecule has 4 rings (SSSR count). The monoisotopic (exact) mass is 757 g/mol. The zero-order valence-corrected chi connectivity index (χ0v) is 28.1. The minimum absolute atomic E-state index is 0. The summed E-state index contributed by atoms with van der Waals surface area (Å²) in [6.45, 7) is 10.4. The number of carbonyl (C=O) groups excluding carboxylic acids is 1. The molecule has 1 atom stereocenters. The zero-order valence-electron chi connectivity index (χ0n) is 27.7. The molecule has 1 aromatic heterocycles. The molecule has 1 fully saturated rings. The Balaban J connectivity index is 0.000000319. The van der Waals surface area contributed by atoms with Crippen molar-refractivity contribution in [3.05, 3.63) is 77.1 Å². The Morgan fingerprint density at radius 2 is 1.76 bits per heavy atom. The van der Waals surface area contributed by atoms with E-state index in [0.717, 1.165) is 59.0 Å². The number of hydrogen-bond donors (Lipinski definition) is 1. The molecular weight excluding hydrogens is 709 g/mol. The summed E-state index contributed by atoms with van der Waals surface area (Å²) in [7, 11) is 0. The summed E-state index contributed by atoms with van der Waals surface area (Å²) in [4.78, 5) is 16.3. The van der Waals surface area contributed by atoms with E-state index < -0.39 is 24.0 Å². The van der Waals surface area contributed by atoms with Crippen molar-refractivity contribution in [3.63, 3.8) is 0 Å². The fourth-order valence-corrected chi connectivity index (χ4v) is 5.78. The molecule has 1 aliphatic carbocycles. The summed E-state index contributed by atoms with van der Waals surface area (Å²) in [6.07, 6.45) is 7.57. The maximum absolute atomic E-state index is 12.9. The van der Waals surface area contributed by atoms with E-state index in [-0.39, 0.29) is 44.0 Å². The average Bonchev–Trinajstić information content (AvgIpc) is 3.48. The molecule has 3 nitrogen and oxygen atoms in total. The van der Waals surface area contributed by atoms with Crippen LogP contribution in [-0.4, -0.2) is 21.8 Å². The van der Waals surface area contributed by atoms with Gasteiger partial charge in [0.15, 0.2) is 5.78 Å². The first-order valence-corrected chi connectivity index (χ1v) is 15.0. The van der Waals surface area contributed by atoms with Gasteiger partial charge >= 0.3 is 0 Å². The first-order valence-electron chi connectivity index (χ1n) is 16.0. The van der Waals surface area contributed by atoms with Gasteiger partial charge in [0.1, 0.15) is 0 Å². The SMILES string of the molecule is CCC(CC(C)(F)F)C(=O)/C=C(\O)C(CC)CC.[2H]c1nc(-c2[c-]c(C)cc(C)c2)c2ccc(C3CCCC3)cc2c1[2H].[Ir]. The third-order valence-corrected chi connectivity index (χ3v) is 8.08. The minimum atomic E-state index is -2.85. The quantitative estimate of drug-likeness (QED) is 0.127. The topological polar surface area (TPSA) is 50.2 Å². The molecule has 0 spiro atoms. The van der Waals surface area contributed by atoms with Gasteiger partial charge in [0.25, 0.3) is 0 Å². The van der Waals surface area contributed by atoms with Gasteiger partial charge in [0.2, 0.25) is 5.92 Å². The van der Waals surface area contributed by atoms with Crippen molar-refractivity contribution < 1.29 is 41.5 Å².